The van der Waals surface area contributed by atoms with Crippen molar-refractivity contribution in [1.29, 1.82) is 0 Å². The quantitative estimate of drug-likeness (QED) is 0.501. The summed E-state index contributed by atoms with van der Waals surface area (Å²) in [4.78, 5) is 4.47. The molecule has 2 aromatic carbocycles. The highest BCUT2D eigenvalue weighted by Crippen LogP contribution is 2.33. The lowest BCUT2D eigenvalue weighted by Crippen LogP contribution is -2.35. The minimum atomic E-state index is -0.802. The second-order valence-corrected chi connectivity index (χ2v) is 8.05. The van der Waals surface area contributed by atoms with E-state index in [1.165, 1.54) is 5.39 Å². The molecule has 1 saturated carbocycles. The van der Waals surface area contributed by atoms with E-state index in [2.05, 4.69) is 41.5 Å². The smallest absolute Gasteiger partial charge is 0.157 e. The summed E-state index contributed by atoms with van der Waals surface area (Å²) >= 11 is 0. The van der Waals surface area contributed by atoms with Gasteiger partial charge in [-0.3, -0.25) is 0 Å². The Hall–Kier alpha value is -2.96. The lowest BCUT2D eigenvalue weighted by atomic mass is 9.97. The molecule has 0 radical (unpaired) electrons. The van der Waals surface area contributed by atoms with Crippen molar-refractivity contribution >= 4 is 22.2 Å². The van der Waals surface area contributed by atoms with Crippen LogP contribution in [0.2, 0.25) is 0 Å². The number of aryl methyl sites for hydroxylation is 1. The van der Waals surface area contributed by atoms with E-state index in [0.29, 0.717) is 6.42 Å². The first-order valence-corrected chi connectivity index (χ1v) is 9.99. The number of hydrogen-bond donors (Lipinski definition) is 3. The zero-order chi connectivity index (χ0) is 20.1. The van der Waals surface area contributed by atoms with E-state index in [0.717, 1.165) is 33.7 Å². The molecule has 148 valence electrons. The highest BCUT2D eigenvalue weighted by molar-refractivity contribution is 5.97. The van der Waals surface area contributed by atoms with Crippen LogP contribution < -0.4 is 5.32 Å². The van der Waals surface area contributed by atoms with Crippen molar-refractivity contribution in [2.24, 2.45) is 5.92 Å². The van der Waals surface area contributed by atoms with Crippen LogP contribution in [-0.2, 0) is 0 Å². The Balaban J connectivity index is 1.59. The number of nitrogens with zero attached hydrogens (tertiary/aromatic N) is 3. The third kappa shape index (κ3) is 2.96. The van der Waals surface area contributed by atoms with Crippen LogP contribution in [0.3, 0.4) is 0 Å². The van der Waals surface area contributed by atoms with Crippen LogP contribution in [0.4, 0.5) is 5.82 Å². The Morgan fingerprint density at radius 2 is 1.90 bits per heavy atom. The van der Waals surface area contributed by atoms with E-state index < -0.39 is 12.2 Å². The van der Waals surface area contributed by atoms with E-state index >= 15 is 0 Å². The van der Waals surface area contributed by atoms with Crippen LogP contribution in [0, 0.1) is 12.8 Å². The summed E-state index contributed by atoms with van der Waals surface area (Å²) in [6.45, 7) is 4.04. The predicted molar refractivity (Wildman–Crippen MR) is 114 cm³/mol. The SMILES string of the molecule is Cc1ccc2ccccc2c1-c1cc2nccc(NC3C[C@@H](C)C(O)C3O)n2n1. The van der Waals surface area contributed by atoms with Gasteiger partial charge in [0.2, 0.25) is 0 Å². The van der Waals surface area contributed by atoms with Crippen LogP contribution >= 0.6 is 0 Å². The molecule has 2 aromatic heterocycles. The highest BCUT2D eigenvalue weighted by Gasteiger charge is 2.39. The Bertz CT molecular complexity index is 1200. The number of aromatic nitrogens is 3. The lowest BCUT2D eigenvalue weighted by molar-refractivity contribution is 0.0210. The monoisotopic (exact) mass is 388 g/mol. The normalized spacial score (nSPS) is 24.4. The molecule has 0 spiro atoms. The minimum absolute atomic E-state index is 0.0475. The summed E-state index contributed by atoms with van der Waals surface area (Å²) in [5.74, 6) is 0.802. The van der Waals surface area contributed by atoms with Gasteiger partial charge in [-0.05, 0) is 41.7 Å². The molecule has 0 bridgehead atoms. The summed E-state index contributed by atoms with van der Waals surface area (Å²) in [5, 5.41) is 31.0. The first-order valence-electron chi connectivity index (χ1n) is 9.99. The van der Waals surface area contributed by atoms with Gasteiger partial charge in [-0.25, -0.2) is 4.98 Å². The number of anilines is 1. The van der Waals surface area contributed by atoms with Gasteiger partial charge in [0, 0.05) is 17.8 Å². The summed E-state index contributed by atoms with van der Waals surface area (Å²) in [6, 6.07) is 16.2. The number of rotatable bonds is 3. The molecule has 3 N–H and O–H groups in total. The van der Waals surface area contributed by atoms with E-state index in [9.17, 15) is 10.2 Å². The molecule has 1 fully saturated rings. The van der Waals surface area contributed by atoms with Crippen molar-refractivity contribution in [1.82, 2.24) is 14.6 Å². The maximum Gasteiger partial charge on any atom is 0.157 e. The fourth-order valence-electron chi connectivity index (χ4n) is 4.44. The second kappa shape index (κ2) is 6.83. The zero-order valence-corrected chi connectivity index (χ0v) is 16.4. The zero-order valence-electron chi connectivity index (χ0n) is 16.4. The molecule has 29 heavy (non-hydrogen) atoms. The third-order valence-electron chi connectivity index (χ3n) is 6.06. The Morgan fingerprint density at radius 3 is 2.69 bits per heavy atom. The largest absolute Gasteiger partial charge is 0.390 e. The van der Waals surface area contributed by atoms with Crippen LogP contribution in [0.15, 0.2) is 54.7 Å². The topological polar surface area (TPSA) is 82.7 Å². The fourth-order valence-corrected chi connectivity index (χ4v) is 4.44. The third-order valence-corrected chi connectivity index (χ3v) is 6.06. The molecule has 0 aliphatic heterocycles. The Labute approximate surface area is 168 Å². The molecule has 4 aromatic rings. The second-order valence-electron chi connectivity index (χ2n) is 8.05. The number of nitrogens with one attached hydrogen (secondary N) is 1. The molecule has 5 rings (SSSR count). The van der Waals surface area contributed by atoms with Crippen molar-refractivity contribution in [2.45, 2.75) is 38.5 Å². The van der Waals surface area contributed by atoms with E-state index in [4.69, 9.17) is 5.10 Å². The molecule has 0 saturated heterocycles. The molecule has 6 heteroatoms. The van der Waals surface area contributed by atoms with Crippen molar-refractivity contribution in [3.8, 4) is 11.3 Å². The van der Waals surface area contributed by atoms with Crippen molar-refractivity contribution in [2.75, 3.05) is 5.32 Å². The average molecular weight is 388 g/mol. The molecule has 1 aliphatic rings. The van der Waals surface area contributed by atoms with Gasteiger partial charge in [0.1, 0.15) is 11.9 Å². The average Bonchev–Trinajstić information content (AvgIpc) is 3.25. The first-order chi connectivity index (χ1) is 14.0. The van der Waals surface area contributed by atoms with Gasteiger partial charge < -0.3 is 15.5 Å². The first kappa shape index (κ1) is 18.1. The fraction of sp³-hybridized carbons (Fsp3) is 0.304. The predicted octanol–water partition coefficient (Wildman–Crippen LogP) is 3.40. The van der Waals surface area contributed by atoms with E-state index in [1.807, 2.05) is 31.2 Å². The number of hydrogen-bond acceptors (Lipinski definition) is 5. The van der Waals surface area contributed by atoms with Crippen molar-refractivity contribution < 1.29 is 10.2 Å². The maximum atomic E-state index is 10.3. The molecule has 1 aliphatic carbocycles. The molecule has 6 nitrogen and oxygen atoms in total. The highest BCUT2D eigenvalue weighted by atomic mass is 16.3. The van der Waals surface area contributed by atoms with Gasteiger partial charge in [-0.15, -0.1) is 0 Å². The summed E-state index contributed by atoms with van der Waals surface area (Å²) in [7, 11) is 0. The van der Waals surface area contributed by atoms with Crippen molar-refractivity contribution in [3.63, 3.8) is 0 Å². The van der Waals surface area contributed by atoms with E-state index in [1.54, 1.807) is 10.7 Å². The van der Waals surface area contributed by atoms with Crippen LogP contribution in [0.1, 0.15) is 18.9 Å². The molecule has 3 unspecified atom stereocenters. The van der Waals surface area contributed by atoms with Gasteiger partial charge in [0.05, 0.1) is 17.8 Å². The molecule has 4 atom stereocenters. The van der Waals surface area contributed by atoms with Gasteiger partial charge in [-0.2, -0.15) is 9.61 Å². The van der Waals surface area contributed by atoms with E-state index in [-0.39, 0.29) is 12.0 Å². The number of benzene rings is 2. The summed E-state index contributed by atoms with van der Waals surface area (Å²) in [6.07, 6.45) is 0.920. The Morgan fingerprint density at radius 1 is 1.07 bits per heavy atom. The van der Waals surface area contributed by atoms with Gasteiger partial charge in [0.25, 0.3) is 0 Å². The molecular formula is C23H24N4O2. The van der Waals surface area contributed by atoms with Crippen molar-refractivity contribution in [3.05, 3.63) is 60.3 Å². The minimum Gasteiger partial charge on any atom is -0.390 e. The van der Waals surface area contributed by atoms with Crippen LogP contribution in [0.5, 0.6) is 0 Å². The van der Waals surface area contributed by atoms with Gasteiger partial charge >= 0.3 is 0 Å². The molecule has 0 amide bonds. The number of aliphatic hydroxyl groups excluding tert-OH is 2. The Kier molecular flexibility index (Phi) is 4.26. The number of fused-ring (bicyclic) bond motifs is 2. The molecular weight excluding hydrogens is 364 g/mol. The van der Waals surface area contributed by atoms with Crippen LogP contribution in [-0.4, -0.2) is 43.1 Å². The standard InChI is InChI=1S/C23H24N4O2/c1-13-7-8-15-5-3-4-6-16(15)21(13)17-12-20-24-10-9-19(27(20)26-17)25-18-11-14(2)22(28)23(18)29/h3-10,12,14,18,22-23,25,28-29H,11H2,1-2H3/t14-,18?,22?,23?/m1/s1. The number of aliphatic hydroxyl groups is 2. The van der Waals surface area contributed by atoms with Gasteiger partial charge in [0.15, 0.2) is 5.65 Å². The maximum absolute atomic E-state index is 10.3. The molecule has 2 heterocycles. The van der Waals surface area contributed by atoms with Gasteiger partial charge in [-0.1, -0.05) is 43.3 Å². The lowest BCUT2D eigenvalue weighted by Gasteiger charge is -2.19. The van der Waals surface area contributed by atoms with Crippen LogP contribution in [0.25, 0.3) is 27.7 Å². The summed E-state index contributed by atoms with van der Waals surface area (Å²) in [5.41, 5.74) is 3.86. The summed E-state index contributed by atoms with van der Waals surface area (Å²) < 4.78 is 1.78.